The van der Waals surface area contributed by atoms with Crippen LogP contribution in [-0.2, 0) is 9.53 Å². The average molecular weight is 547 g/mol. The third-order valence-electron chi connectivity index (χ3n) is 14.6. The molecular weight excluding hydrogens is 492 g/mol. The number of esters is 1. The lowest BCUT2D eigenvalue weighted by Gasteiger charge is -2.73. The van der Waals surface area contributed by atoms with Crippen molar-refractivity contribution in [2.75, 3.05) is 0 Å². The number of ketones is 1. The third kappa shape index (κ3) is 3.87. The van der Waals surface area contributed by atoms with E-state index in [2.05, 4.69) is 55.4 Å². The zero-order valence-electron chi connectivity index (χ0n) is 26.6. The Morgan fingerprint density at radius 2 is 1.45 bits per heavy atom. The first kappa shape index (κ1) is 28.5. The summed E-state index contributed by atoms with van der Waals surface area (Å²) in [6.07, 6.45) is 11.2. The standard InChI is InChI=1S/C37H54O3/c1-32(2)18-19-34(5)20-21-37(8)30(25(34)23-32)26(38)22-28-35(6)16-15-29(40-31(39)24-12-10-9-11-13-24)33(3,4)27(35)14-17-36(28,37)7/h9-13,25,27-30H,14-23H2,1-8H3/t25-,27-,28+,29-,30-,34+,35-,36+,37+/m0/s1. The van der Waals surface area contributed by atoms with E-state index in [0.29, 0.717) is 39.9 Å². The van der Waals surface area contributed by atoms with Crippen molar-refractivity contribution in [2.24, 2.45) is 56.2 Å². The molecule has 0 aliphatic heterocycles. The van der Waals surface area contributed by atoms with Gasteiger partial charge in [0.25, 0.3) is 0 Å². The lowest BCUT2D eigenvalue weighted by molar-refractivity contribution is -0.244. The summed E-state index contributed by atoms with van der Waals surface area (Å²) >= 11 is 0. The smallest absolute Gasteiger partial charge is 0.338 e. The van der Waals surface area contributed by atoms with Crippen LogP contribution in [0.5, 0.6) is 0 Å². The number of carbonyl (C=O) groups excluding carboxylic acids is 2. The number of Topliss-reactive ketones (excluding diaryl/α,β-unsaturated/α-hetero) is 1. The van der Waals surface area contributed by atoms with Gasteiger partial charge in [-0.25, -0.2) is 4.79 Å². The summed E-state index contributed by atoms with van der Waals surface area (Å²) in [6.45, 7) is 19.7. The van der Waals surface area contributed by atoms with Gasteiger partial charge in [-0.3, -0.25) is 4.79 Å². The molecule has 5 fully saturated rings. The lowest BCUT2D eigenvalue weighted by atomic mass is 9.31. The summed E-state index contributed by atoms with van der Waals surface area (Å²) in [5.74, 6) is 1.95. The minimum atomic E-state index is -0.202. The van der Waals surface area contributed by atoms with Gasteiger partial charge < -0.3 is 4.74 Å². The first-order chi connectivity index (χ1) is 18.6. The van der Waals surface area contributed by atoms with Crippen LogP contribution in [0.1, 0.15) is 130 Å². The first-order valence-corrected chi connectivity index (χ1v) is 16.4. The van der Waals surface area contributed by atoms with Crippen molar-refractivity contribution < 1.29 is 14.3 Å². The van der Waals surface area contributed by atoms with Gasteiger partial charge in [0, 0.05) is 17.8 Å². The number of fused-ring (bicyclic) bond motifs is 7. The van der Waals surface area contributed by atoms with Crippen LogP contribution in [0.3, 0.4) is 0 Å². The summed E-state index contributed by atoms with van der Waals surface area (Å²) in [5.41, 5.74) is 1.49. The van der Waals surface area contributed by atoms with E-state index in [-0.39, 0.29) is 39.7 Å². The van der Waals surface area contributed by atoms with Gasteiger partial charge in [-0.15, -0.1) is 0 Å². The van der Waals surface area contributed by atoms with Gasteiger partial charge in [-0.2, -0.15) is 0 Å². The van der Waals surface area contributed by atoms with Crippen LogP contribution < -0.4 is 0 Å². The van der Waals surface area contributed by atoms with E-state index in [9.17, 15) is 9.59 Å². The minimum Gasteiger partial charge on any atom is -0.458 e. The van der Waals surface area contributed by atoms with Gasteiger partial charge in [-0.05, 0) is 115 Å². The van der Waals surface area contributed by atoms with Crippen LogP contribution >= 0.6 is 0 Å². The van der Waals surface area contributed by atoms with Crippen molar-refractivity contribution in [1.82, 2.24) is 0 Å². The normalized spacial score (nSPS) is 47.2. The molecule has 5 aliphatic carbocycles. The van der Waals surface area contributed by atoms with Crippen molar-refractivity contribution >= 4 is 11.8 Å². The molecule has 0 heterocycles. The highest BCUT2D eigenvalue weighted by Gasteiger charge is 2.71. The maximum atomic E-state index is 14.5. The fraction of sp³-hybridized carbons (Fsp3) is 0.784. The van der Waals surface area contributed by atoms with Crippen molar-refractivity contribution in [3.05, 3.63) is 35.9 Å². The van der Waals surface area contributed by atoms with Crippen LogP contribution in [0.4, 0.5) is 0 Å². The van der Waals surface area contributed by atoms with Crippen molar-refractivity contribution in [1.29, 1.82) is 0 Å². The predicted molar refractivity (Wildman–Crippen MR) is 161 cm³/mol. The van der Waals surface area contributed by atoms with E-state index in [4.69, 9.17) is 4.74 Å². The summed E-state index contributed by atoms with van der Waals surface area (Å²) in [7, 11) is 0. The summed E-state index contributed by atoms with van der Waals surface area (Å²) in [5, 5.41) is 0. The Hall–Kier alpha value is -1.64. The molecule has 0 radical (unpaired) electrons. The van der Waals surface area contributed by atoms with Crippen LogP contribution in [0.15, 0.2) is 30.3 Å². The molecule has 5 saturated carbocycles. The van der Waals surface area contributed by atoms with Gasteiger partial charge in [-0.1, -0.05) is 73.6 Å². The largest absolute Gasteiger partial charge is 0.458 e. The molecule has 9 atom stereocenters. The molecule has 6 rings (SSSR count). The molecule has 40 heavy (non-hydrogen) atoms. The molecule has 0 unspecified atom stereocenters. The van der Waals surface area contributed by atoms with E-state index in [1.807, 2.05) is 30.3 Å². The third-order valence-corrected chi connectivity index (χ3v) is 14.6. The molecule has 0 N–H and O–H groups in total. The summed E-state index contributed by atoms with van der Waals surface area (Å²) < 4.78 is 6.26. The highest BCUT2D eigenvalue weighted by atomic mass is 16.5. The maximum Gasteiger partial charge on any atom is 0.338 e. The van der Waals surface area contributed by atoms with Gasteiger partial charge in [0.1, 0.15) is 11.9 Å². The molecule has 0 spiro atoms. The molecule has 5 aliphatic rings. The Bertz CT molecular complexity index is 1180. The lowest BCUT2D eigenvalue weighted by Crippen LogP contribution is -2.69. The highest BCUT2D eigenvalue weighted by Crippen LogP contribution is 2.76. The van der Waals surface area contributed by atoms with E-state index in [0.717, 1.165) is 19.3 Å². The molecule has 1 aromatic carbocycles. The molecule has 0 bridgehead atoms. The van der Waals surface area contributed by atoms with Crippen molar-refractivity contribution in [3.63, 3.8) is 0 Å². The number of carbonyl (C=O) groups is 2. The monoisotopic (exact) mass is 546 g/mol. The fourth-order valence-electron chi connectivity index (χ4n) is 11.9. The number of benzene rings is 1. The van der Waals surface area contributed by atoms with Gasteiger partial charge >= 0.3 is 5.97 Å². The Morgan fingerprint density at radius 3 is 2.15 bits per heavy atom. The first-order valence-electron chi connectivity index (χ1n) is 16.4. The number of hydrogen-bond acceptors (Lipinski definition) is 3. The van der Waals surface area contributed by atoms with Crippen molar-refractivity contribution in [3.8, 4) is 0 Å². The predicted octanol–water partition coefficient (Wildman–Crippen LogP) is 9.29. The molecule has 3 nitrogen and oxygen atoms in total. The number of hydrogen-bond donors (Lipinski definition) is 0. The number of ether oxygens (including phenoxy) is 1. The second kappa shape index (κ2) is 8.93. The number of rotatable bonds is 2. The Morgan fingerprint density at radius 1 is 0.775 bits per heavy atom. The molecule has 0 saturated heterocycles. The Kier molecular flexibility index (Phi) is 6.36. The van der Waals surface area contributed by atoms with Crippen LogP contribution in [-0.4, -0.2) is 17.9 Å². The van der Waals surface area contributed by atoms with Crippen LogP contribution in [0.2, 0.25) is 0 Å². The quantitative estimate of drug-likeness (QED) is 0.347. The Balaban J connectivity index is 1.30. The molecule has 220 valence electrons. The fourth-order valence-corrected chi connectivity index (χ4v) is 11.9. The van der Waals surface area contributed by atoms with Crippen LogP contribution in [0, 0.1) is 56.2 Å². The van der Waals surface area contributed by atoms with Gasteiger partial charge in [0.2, 0.25) is 0 Å². The summed E-state index contributed by atoms with van der Waals surface area (Å²) in [4.78, 5) is 27.6. The average Bonchev–Trinajstić information content (AvgIpc) is 2.88. The van der Waals surface area contributed by atoms with E-state index >= 15 is 0 Å². The van der Waals surface area contributed by atoms with Gasteiger partial charge in [0.15, 0.2) is 0 Å². The SMILES string of the molecule is CC1(C)CC[C@]2(C)CC[C@]3(C)[C@H](C(=O)C[C@@H]4[C@@]5(C)CC[C@H](OC(=O)c6ccccc6)C(C)(C)[C@@H]5CC[C@]43C)[C@@H]2C1. The molecule has 0 aromatic heterocycles. The van der Waals surface area contributed by atoms with Crippen LogP contribution in [0.25, 0.3) is 0 Å². The maximum absolute atomic E-state index is 14.5. The Labute approximate surface area is 243 Å². The zero-order chi connectivity index (χ0) is 28.9. The highest BCUT2D eigenvalue weighted by molar-refractivity contribution is 5.89. The molecule has 3 heteroatoms. The van der Waals surface area contributed by atoms with E-state index in [1.54, 1.807) is 0 Å². The van der Waals surface area contributed by atoms with Crippen molar-refractivity contribution in [2.45, 2.75) is 126 Å². The zero-order valence-corrected chi connectivity index (χ0v) is 26.6. The minimum absolute atomic E-state index is 0.0688. The van der Waals surface area contributed by atoms with Gasteiger partial charge in [0.05, 0.1) is 5.56 Å². The summed E-state index contributed by atoms with van der Waals surface area (Å²) in [6, 6.07) is 9.43. The molecule has 0 amide bonds. The molecular formula is C37H54O3. The second-order valence-corrected chi connectivity index (χ2v) is 17.4. The second-order valence-electron chi connectivity index (χ2n) is 17.4. The topological polar surface area (TPSA) is 43.4 Å². The van der Waals surface area contributed by atoms with E-state index < -0.39 is 0 Å². The van der Waals surface area contributed by atoms with E-state index in [1.165, 1.54) is 44.9 Å². The molecule has 1 aromatic rings.